The number of carbonyl (C=O) groups excluding carboxylic acids is 1. The average molecular weight is 453 g/mol. The van der Waals surface area contributed by atoms with Crippen molar-refractivity contribution in [2.45, 2.75) is 39.7 Å². The molecule has 0 bridgehead atoms. The fourth-order valence-electron chi connectivity index (χ4n) is 3.10. The molecule has 1 amide bonds. The van der Waals surface area contributed by atoms with Gasteiger partial charge in [-0.3, -0.25) is 9.10 Å². The van der Waals surface area contributed by atoms with E-state index in [2.05, 4.69) is 19.2 Å². The Hall–Kier alpha value is -2.25. The molecule has 1 N–H and O–H groups in total. The lowest BCUT2D eigenvalue weighted by Gasteiger charge is -2.28. The van der Waals surface area contributed by atoms with Gasteiger partial charge in [0.05, 0.1) is 18.5 Å². The molecule has 0 fully saturated rings. The second-order valence-electron chi connectivity index (χ2n) is 7.50. The third-order valence-corrected chi connectivity index (χ3v) is 6.35. The lowest BCUT2D eigenvalue weighted by atomic mass is 10.0. The van der Waals surface area contributed by atoms with Gasteiger partial charge in [-0.2, -0.15) is 0 Å². The first-order valence-electron chi connectivity index (χ1n) is 9.77. The van der Waals surface area contributed by atoms with E-state index in [0.29, 0.717) is 16.6 Å². The number of anilines is 1. The second-order valence-corrected chi connectivity index (χ2v) is 9.77. The highest BCUT2D eigenvalue weighted by Crippen LogP contribution is 2.27. The highest BCUT2D eigenvalue weighted by molar-refractivity contribution is 7.92. The summed E-state index contributed by atoms with van der Waals surface area (Å²) in [6.45, 7) is 8.06. The zero-order valence-corrected chi connectivity index (χ0v) is 19.5. The Morgan fingerprint density at radius 3 is 2.43 bits per heavy atom. The molecule has 0 saturated heterocycles. The Kier molecular flexibility index (Phi) is 8.15. The average Bonchev–Trinajstić information content (AvgIpc) is 2.67. The van der Waals surface area contributed by atoms with Gasteiger partial charge in [-0.25, -0.2) is 8.42 Å². The molecule has 0 aliphatic rings. The summed E-state index contributed by atoms with van der Waals surface area (Å²) in [7, 11) is -3.70. The van der Waals surface area contributed by atoms with Crippen molar-refractivity contribution in [3.05, 3.63) is 58.6 Å². The number of amides is 1. The van der Waals surface area contributed by atoms with E-state index in [1.165, 1.54) is 0 Å². The smallest absolute Gasteiger partial charge is 0.243 e. The molecule has 0 heterocycles. The van der Waals surface area contributed by atoms with E-state index in [1.807, 2.05) is 31.2 Å². The number of ether oxygens (including phenoxy) is 1. The number of rotatable bonds is 9. The monoisotopic (exact) mass is 452 g/mol. The number of nitrogens with zero attached hydrogens (tertiary/aromatic N) is 1. The molecule has 0 radical (unpaired) electrons. The van der Waals surface area contributed by atoms with Crippen LogP contribution >= 0.6 is 11.6 Å². The lowest BCUT2D eigenvalue weighted by molar-refractivity contribution is -0.121. The van der Waals surface area contributed by atoms with Crippen molar-refractivity contribution in [2.75, 3.05) is 23.7 Å². The minimum atomic E-state index is -3.70. The zero-order chi connectivity index (χ0) is 22.5. The van der Waals surface area contributed by atoms with Gasteiger partial charge in [-0.1, -0.05) is 49.7 Å². The van der Waals surface area contributed by atoms with Crippen LogP contribution in [0.5, 0.6) is 5.75 Å². The normalized spacial score (nSPS) is 12.5. The summed E-state index contributed by atoms with van der Waals surface area (Å²) in [4.78, 5) is 12.6. The molecule has 6 nitrogen and oxygen atoms in total. The van der Waals surface area contributed by atoms with Gasteiger partial charge < -0.3 is 10.1 Å². The molecule has 2 aromatic carbocycles. The molecule has 164 valence electrons. The van der Waals surface area contributed by atoms with Gasteiger partial charge in [0.2, 0.25) is 15.9 Å². The molecular formula is C22H29ClN2O4S. The number of carbonyl (C=O) groups is 1. The van der Waals surface area contributed by atoms with E-state index in [0.717, 1.165) is 27.4 Å². The van der Waals surface area contributed by atoms with Gasteiger partial charge >= 0.3 is 0 Å². The van der Waals surface area contributed by atoms with Crippen molar-refractivity contribution in [3.8, 4) is 5.75 Å². The molecule has 0 spiro atoms. The first kappa shape index (κ1) is 24.0. The van der Waals surface area contributed by atoms with E-state index in [1.54, 1.807) is 25.1 Å². The van der Waals surface area contributed by atoms with Crippen LogP contribution in [0.2, 0.25) is 5.02 Å². The van der Waals surface area contributed by atoms with E-state index < -0.39 is 22.0 Å². The van der Waals surface area contributed by atoms with Gasteiger partial charge in [0, 0.05) is 5.02 Å². The van der Waals surface area contributed by atoms with Crippen LogP contribution in [0.15, 0.2) is 42.5 Å². The molecule has 1 atom stereocenters. The Labute approximate surface area is 184 Å². The number of aryl methyl sites for hydroxylation is 1. The standard InChI is InChI=1S/C22H29ClN2O4S/c1-15(2)19-8-6-7-9-21(19)29-13-12-24-22(26)17(4)25(30(5,27)28)18-11-10-16(3)20(23)14-18/h6-11,14-15,17H,12-13H2,1-5H3,(H,24,26). The van der Waals surface area contributed by atoms with E-state index in [-0.39, 0.29) is 13.2 Å². The fraction of sp³-hybridized carbons (Fsp3) is 0.409. The van der Waals surface area contributed by atoms with E-state index in [9.17, 15) is 13.2 Å². The fourth-order valence-corrected chi connectivity index (χ4v) is 4.44. The van der Waals surface area contributed by atoms with Crippen molar-refractivity contribution in [1.82, 2.24) is 5.32 Å². The maximum Gasteiger partial charge on any atom is 0.243 e. The Morgan fingerprint density at radius 2 is 1.83 bits per heavy atom. The van der Waals surface area contributed by atoms with Crippen molar-refractivity contribution >= 4 is 33.2 Å². The SMILES string of the molecule is Cc1ccc(N(C(C)C(=O)NCCOc2ccccc2C(C)C)S(C)(=O)=O)cc1Cl. The molecule has 0 aliphatic heterocycles. The number of hydrogen-bond acceptors (Lipinski definition) is 4. The number of benzene rings is 2. The van der Waals surface area contributed by atoms with Crippen LogP contribution < -0.4 is 14.4 Å². The molecule has 2 aromatic rings. The van der Waals surface area contributed by atoms with Crippen LogP contribution in [0.3, 0.4) is 0 Å². The predicted octanol–water partition coefficient (Wildman–Crippen LogP) is 4.12. The Balaban J connectivity index is 2.03. The van der Waals surface area contributed by atoms with E-state index >= 15 is 0 Å². The van der Waals surface area contributed by atoms with Crippen LogP contribution in [0.25, 0.3) is 0 Å². The van der Waals surface area contributed by atoms with Gasteiger partial charge in [-0.15, -0.1) is 0 Å². The van der Waals surface area contributed by atoms with E-state index in [4.69, 9.17) is 16.3 Å². The molecule has 30 heavy (non-hydrogen) atoms. The minimum Gasteiger partial charge on any atom is -0.491 e. The summed E-state index contributed by atoms with van der Waals surface area (Å²) in [5.41, 5.74) is 2.26. The summed E-state index contributed by atoms with van der Waals surface area (Å²) in [6, 6.07) is 11.7. The minimum absolute atomic E-state index is 0.252. The van der Waals surface area contributed by atoms with Crippen molar-refractivity contribution < 1.29 is 17.9 Å². The molecule has 1 unspecified atom stereocenters. The summed E-state index contributed by atoms with van der Waals surface area (Å²) < 4.78 is 31.6. The maximum atomic E-state index is 12.6. The lowest BCUT2D eigenvalue weighted by Crippen LogP contribution is -2.48. The van der Waals surface area contributed by atoms with Crippen molar-refractivity contribution in [2.24, 2.45) is 0 Å². The highest BCUT2D eigenvalue weighted by atomic mass is 35.5. The maximum absolute atomic E-state index is 12.6. The summed E-state index contributed by atoms with van der Waals surface area (Å²) >= 11 is 6.15. The number of nitrogens with one attached hydrogen (secondary N) is 1. The second kappa shape index (κ2) is 10.2. The molecule has 8 heteroatoms. The van der Waals surface area contributed by atoms with Gasteiger partial charge in [0.15, 0.2) is 0 Å². The number of halogens is 1. The van der Waals surface area contributed by atoms with Crippen LogP contribution in [-0.4, -0.2) is 39.8 Å². The number of para-hydroxylation sites is 1. The topological polar surface area (TPSA) is 75.7 Å². The Morgan fingerprint density at radius 1 is 1.17 bits per heavy atom. The Bertz CT molecular complexity index is 992. The van der Waals surface area contributed by atoms with Crippen LogP contribution in [0, 0.1) is 6.92 Å². The zero-order valence-electron chi connectivity index (χ0n) is 18.0. The quantitative estimate of drug-likeness (QED) is 0.580. The third-order valence-electron chi connectivity index (χ3n) is 4.70. The van der Waals surface area contributed by atoms with Gasteiger partial charge in [0.1, 0.15) is 18.4 Å². The third kappa shape index (κ3) is 6.12. The van der Waals surface area contributed by atoms with Crippen LogP contribution in [0.1, 0.15) is 37.8 Å². The summed E-state index contributed by atoms with van der Waals surface area (Å²) in [5, 5.41) is 3.18. The largest absolute Gasteiger partial charge is 0.491 e. The van der Waals surface area contributed by atoms with Crippen molar-refractivity contribution in [1.29, 1.82) is 0 Å². The predicted molar refractivity (Wildman–Crippen MR) is 122 cm³/mol. The van der Waals surface area contributed by atoms with Crippen molar-refractivity contribution in [3.63, 3.8) is 0 Å². The van der Waals surface area contributed by atoms with Crippen LogP contribution in [0.4, 0.5) is 5.69 Å². The highest BCUT2D eigenvalue weighted by Gasteiger charge is 2.29. The molecular weight excluding hydrogens is 424 g/mol. The molecule has 0 saturated carbocycles. The number of sulfonamides is 1. The first-order chi connectivity index (χ1) is 14.0. The number of hydrogen-bond donors (Lipinski definition) is 1. The summed E-state index contributed by atoms with van der Waals surface area (Å²) in [6.07, 6.45) is 1.07. The molecule has 0 aromatic heterocycles. The van der Waals surface area contributed by atoms with Gasteiger partial charge in [-0.05, 0) is 49.1 Å². The summed E-state index contributed by atoms with van der Waals surface area (Å²) in [5.74, 6) is 0.681. The van der Waals surface area contributed by atoms with Gasteiger partial charge in [0.25, 0.3) is 0 Å². The molecule has 0 aliphatic carbocycles. The first-order valence-corrected chi connectivity index (χ1v) is 12.0. The molecule has 2 rings (SSSR count). The van der Waals surface area contributed by atoms with Crippen LogP contribution in [-0.2, 0) is 14.8 Å².